The predicted molar refractivity (Wildman–Crippen MR) is 95.0 cm³/mol. The van der Waals surface area contributed by atoms with E-state index in [1.54, 1.807) is 26.3 Å². The summed E-state index contributed by atoms with van der Waals surface area (Å²) in [4.78, 5) is 15.6. The third kappa shape index (κ3) is 7.28. The number of carbonyl (C=O) groups excluding carboxylic acids is 1. The molecule has 1 unspecified atom stereocenters. The molecule has 4 N–H and O–H groups in total. The molecule has 1 aromatic carbocycles. The quantitative estimate of drug-likeness (QED) is 0.375. The highest BCUT2D eigenvalue weighted by Gasteiger charge is 2.03. The fraction of sp³-hybridized carbons (Fsp3) is 0.429. The molecule has 0 radical (unpaired) electrons. The molecule has 0 aliphatic carbocycles. The van der Waals surface area contributed by atoms with Crippen molar-refractivity contribution < 1.29 is 9.53 Å². The average Bonchev–Trinajstić information content (AvgIpc) is 2.45. The van der Waals surface area contributed by atoms with Crippen LogP contribution in [0, 0.1) is 0 Å². The van der Waals surface area contributed by atoms with Gasteiger partial charge in [-0.2, -0.15) is 0 Å². The summed E-state index contributed by atoms with van der Waals surface area (Å²) in [6.07, 6.45) is 0. The second-order valence-corrected chi connectivity index (χ2v) is 4.48. The van der Waals surface area contributed by atoms with Gasteiger partial charge in [0.15, 0.2) is 5.96 Å². The summed E-state index contributed by atoms with van der Waals surface area (Å²) in [7, 11) is 3.24. The van der Waals surface area contributed by atoms with E-state index in [4.69, 9.17) is 10.5 Å². The van der Waals surface area contributed by atoms with Crippen molar-refractivity contribution >= 4 is 35.8 Å². The SMILES string of the molecule is CNC(=O)c1ccc(CN=C(N)NC(C)COC)cc1.I. The summed E-state index contributed by atoms with van der Waals surface area (Å²) >= 11 is 0. The van der Waals surface area contributed by atoms with Crippen LogP contribution < -0.4 is 16.4 Å². The summed E-state index contributed by atoms with van der Waals surface area (Å²) in [5.41, 5.74) is 7.38. The van der Waals surface area contributed by atoms with Gasteiger partial charge in [0.1, 0.15) is 0 Å². The molecule has 1 amide bonds. The molecule has 1 atom stereocenters. The Labute approximate surface area is 142 Å². The van der Waals surface area contributed by atoms with Gasteiger partial charge in [-0.25, -0.2) is 4.99 Å². The normalized spacial score (nSPS) is 12.2. The molecule has 0 spiro atoms. The number of hydrogen-bond donors (Lipinski definition) is 3. The lowest BCUT2D eigenvalue weighted by Crippen LogP contribution is -2.40. The van der Waals surface area contributed by atoms with Crippen molar-refractivity contribution in [3.05, 3.63) is 35.4 Å². The number of rotatable bonds is 6. The fourth-order valence-electron chi connectivity index (χ4n) is 1.67. The van der Waals surface area contributed by atoms with Crippen LogP contribution >= 0.6 is 24.0 Å². The standard InChI is InChI=1S/C14H22N4O2.HI/c1-10(9-20-3)18-14(15)17-8-11-4-6-12(7-5-11)13(19)16-2;/h4-7,10H,8-9H2,1-3H3,(H,16,19)(H3,15,17,18);1H. The molecular formula is C14H23IN4O2. The Hall–Kier alpha value is -1.35. The second kappa shape index (κ2) is 10.4. The van der Waals surface area contributed by atoms with E-state index in [0.29, 0.717) is 24.7 Å². The van der Waals surface area contributed by atoms with Crippen molar-refractivity contribution in [2.75, 3.05) is 20.8 Å². The predicted octanol–water partition coefficient (Wildman–Crippen LogP) is 1.10. The number of amides is 1. The van der Waals surface area contributed by atoms with Crippen molar-refractivity contribution in [3.8, 4) is 0 Å². The number of guanidine groups is 1. The molecule has 0 fully saturated rings. The minimum atomic E-state index is -0.102. The van der Waals surface area contributed by atoms with Crippen LogP contribution in [0.1, 0.15) is 22.8 Å². The van der Waals surface area contributed by atoms with Crippen molar-refractivity contribution in [3.63, 3.8) is 0 Å². The second-order valence-electron chi connectivity index (χ2n) is 4.48. The topological polar surface area (TPSA) is 88.7 Å². The number of hydrogen-bond acceptors (Lipinski definition) is 3. The molecule has 0 bridgehead atoms. The number of nitrogens with zero attached hydrogens (tertiary/aromatic N) is 1. The number of benzene rings is 1. The summed E-state index contributed by atoms with van der Waals surface area (Å²) in [6.45, 7) is 2.99. The van der Waals surface area contributed by atoms with Crippen LogP contribution in [0.2, 0.25) is 0 Å². The summed E-state index contributed by atoms with van der Waals surface area (Å²) in [5, 5.41) is 5.60. The van der Waals surface area contributed by atoms with Crippen LogP contribution in [0.25, 0.3) is 0 Å². The van der Waals surface area contributed by atoms with Gasteiger partial charge < -0.3 is 21.1 Å². The van der Waals surface area contributed by atoms with Gasteiger partial charge in [0.2, 0.25) is 0 Å². The first-order valence-corrected chi connectivity index (χ1v) is 6.43. The Morgan fingerprint density at radius 3 is 2.52 bits per heavy atom. The lowest BCUT2D eigenvalue weighted by molar-refractivity contribution is 0.0963. The lowest BCUT2D eigenvalue weighted by Gasteiger charge is -2.13. The third-order valence-corrected chi connectivity index (χ3v) is 2.69. The first kappa shape index (κ1) is 19.7. The summed E-state index contributed by atoms with van der Waals surface area (Å²) in [6, 6.07) is 7.36. The van der Waals surface area contributed by atoms with Crippen LogP contribution in [0.4, 0.5) is 0 Å². The largest absolute Gasteiger partial charge is 0.383 e. The van der Waals surface area contributed by atoms with Gasteiger partial charge in [0, 0.05) is 25.8 Å². The van der Waals surface area contributed by atoms with Gasteiger partial charge >= 0.3 is 0 Å². The van der Waals surface area contributed by atoms with Crippen LogP contribution in [-0.4, -0.2) is 38.7 Å². The van der Waals surface area contributed by atoms with Gasteiger partial charge in [-0.3, -0.25) is 4.79 Å². The third-order valence-electron chi connectivity index (χ3n) is 2.69. The minimum absolute atomic E-state index is 0. The molecular weight excluding hydrogens is 383 g/mol. The monoisotopic (exact) mass is 406 g/mol. The Balaban J connectivity index is 0.00000400. The van der Waals surface area contributed by atoms with E-state index in [2.05, 4.69) is 15.6 Å². The van der Waals surface area contributed by atoms with E-state index in [-0.39, 0.29) is 35.9 Å². The number of nitrogens with two attached hydrogens (primary N) is 1. The highest BCUT2D eigenvalue weighted by atomic mass is 127. The maximum atomic E-state index is 11.4. The van der Waals surface area contributed by atoms with E-state index < -0.39 is 0 Å². The molecule has 1 rings (SSSR count). The fourth-order valence-corrected chi connectivity index (χ4v) is 1.67. The Kier molecular flexibility index (Phi) is 9.72. The first-order chi connectivity index (χ1) is 9.56. The maximum Gasteiger partial charge on any atom is 0.251 e. The van der Waals surface area contributed by atoms with Gasteiger partial charge in [-0.15, -0.1) is 24.0 Å². The smallest absolute Gasteiger partial charge is 0.251 e. The number of carbonyl (C=O) groups is 1. The van der Waals surface area contributed by atoms with Crippen LogP contribution in [0.3, 0.4) is 0 Å². The molecule has 0 saturated heterocycles. The molecule has 118 valence electrons. The molecule has 0 heterocycles. The summed E-state index contributed by atoms with van der Waals surface area (Å²) in [5.74, 6) is 0.277. The number of halogens is 1. The van der Waals surface area contributed by atoms with E-state index in [1.165, 1.54) is 0 Å². The molecule has 21 heavy (non-hydrogen) atoms. The highest BCUT2D eigenvalue weighted by molar-refractivity contribution is 14.0. The molecule has 0 aliphatic heterocycles. The number of nitrogens with one attached hydrogen (secondary N) is 2. The highest BCUT2D eigenvalue weighted by Crippen LogP contribution is 2.05. The minimum Gasteiger partial charge on any atom is -0.383 e. The number of aliphatic imine (C=N–C) groups is 1. The Morgan fingerprint density at radius 1 is 1.38 bits per heavy atom. The lowest BCUT2D eigenvalue weighted by atomic mass is 10.1. The molecule has 0 saturated carbocycles. The zero-order valence-electron chi connectivity index (χ0n) is 12.6. The first-order valence-electron chi connectivity index (χ1n) is 6.43. The molecule has 1 aromatic rings. The van der Waals surface area contributed by atoms with Gasteiger partial charge in [0.25, 0.3) is 5.91 Å². The molecule has 7 heteroatoms. The van der Waals surface area contributed by atoms with Gasteiger partial charge in [-0.1, -0.05) is 12.1 Å². The van der Waals surface area contributed by atoms with Crippen molar-refractivity contribution in [2.24, 2.45) is 10.7 Å². The van der Waals surface area contributed by atoms with E-state index in [9.17, 15) is 4.79 Å². The van der Waals surface area contributed by atoms with Crippen molar-refractivity contribution in [1.29, 1.82) is 0 Å². The number of ether oxygens (including phenoxy) is 1. The Bertz CT molecular complexity index is 463. The van der Waals surface area contributed by atoms with Gasteiger partial charge in [0.05, 0.1) is 13.2 Å². The zero-order valence-corrected chi connectivity index (χ0v) is 14.9. The number of methoxy groups -OCH3 is 1. The molecule has 6 nitrogen and oxygen atoms in total. The van der Waals surface area contributed by atoms with Crippen LogP contribution in [0.5, 0.6) is 0 Å². The van der Waals surface area contributed by atoms with Gasteiger partial charge in [-0.05, 0) is 24.6 Å². The van der Waals surface area contributed by atoms with Crippen LogP contribution in [0.15, 0.2) is 29.3 Å². The summed E-state index contributed by atoms with van der Waals surface area (Å²) < 4.78 is 5.00. The van der Waals surface area contributed by atoms with E-state index in [0.717, 1.165) is 5.56 Å². The molecule has 0 aliphatic rings. The van der Waals surface area contributed by atoms with Crippen molar-refractivity contribution in [1.82, 2.24) is 10.6 Å². The van der Waals surface area contributed by atoms with Crippen molar-refractivity contribution in [2.45, 2.75) is 19.5 Å². The van der Waals surface area contributed by atoms with E-state index in [1.807, 2.05) is 19.1 Å². The van der Waals surface area contributed by atoms with E-state index >= 15 is 0 Å². The maximum absolute atomic E-state index is 11.4. The average molecular weight is 406 g/mol. The van der Waals surface area contributed by atoms with Crippen LogP contribution in [-0.2, 0) is 11.3 Å². The zero-order chi connectivity index (χ0) is 15.0. The Morgan fingerprint density at radius 2 is 2.00 bits per heavy atom. The molecule has 0 aromatic heterocycles.